The Kier molecular flexibility index (Phi) is 4.97. The molecule has 106 valence electrons. The van der Waals surface area contributed by atoms with Gasteiger partial charge in [-0.05, 0) is 26.0 Å². The average molecular weight is 273 g/mol. The molecule has 1 aromatic rings. The highest BCUT2D eigenvalue weighted by Gasteiger charge is 2.33. The molecular weight excluding hydrogens is 255 g/mol. The van der Waals surface area contributed by atoms with E-state index in [-0.39, 0.29) is 18.2 Å². The normalized spacial score (nSPS) is 11.7. The molecule has 0 unspecified atom stereocenters. The van der Waals surface area contributed by atoms with Gasteiger partial charge in [0.2, 0.25) is 0 Å². The van der Waals surface area contributed by atoms with Crippen LogP contribution < -0.4 is 4.90 Å². The van der Waals surface area contributed by atoms with Gasteiger partial charge in [-0.15, -0.1) is 0 Å². The van der Waals surface area contributed by atoms with Gasteiger partial charge in [0.05, 0.1) is 0 Å². The Morgan fingerprint density at radius 1 is 1.26 bits per heavy atom. The number of benzene rings is 1. The number of anilines is 1. The SMILES string of the molecule is CCC(=O)c1ccccc1N(CC(F)(F)F)C(C)C. The summed E-state index contributed by atoms with van der Waals surface area (Å²) >= 11 is 0. The largest absolute Gasteiger partial charge is 0.405 e. The summed E-state index contributed by atoms with van der Waals surface area (Å²) in [5.41, 5.74) is 0.699. The van der Waals surface area contributed by atoms with Crippen LogP contribution in [0.25, 0.3) is 0 Å². The maximum absolute atomic E-state index is 12.6. The number of carbonyl (C=O) groups is 1. The number of halogens is 3. The number of Topliss-reactive ketones (excluding diaryl/α,β-unsaturated/α-hetero) is 1. The smallest absolute Gasteiger partial charge is 0.359 e. The number of carbonyl (C=O) groups excluding carboxylic acids is 1. The first-order valence-corrected chi connectivity index (χ1v) is 6.22. The molecule has 2 nitrogen and oxygen atoms in total. The van der Waals surface area contributed by atoms with E-state index >= 15 is 0 Å². The van der Waals surface area contributed by atoms with E-state index < -0.39 is 12.7 Å². The summed E-state index contributed by atoms with van der Waals surface area (Å²) in [5.74, 6) is -0.150. The molecule has 1 aromatic carbocycles. The van der Waals surface area contributed by atoms with Crippen LogP contribution in [0.2, 0.25) is 0 Å². The van der Waals surface area contributed by atoms with Crippen molar-refractivity contribution >= 4 is 11.5 Å². The van der Waals surface area contributed by atoms with E-state index in [4.69, 9.17) is 0 Å². The second kappa shape index (κ2) is 6.08. The lowest BCUT2D eigenvalue weighted by atomic mass is 10.0. The van der Waals surface area contributed by atoms with Gasteiger partial charge in [0.25, 0.3) is 0 Å². The maximum atomic E-state index is 12.6. The highest BCUT2D eigenvalue weighted by atomic mass is 19.4. The summed E-state index contributed by atoms with van der Waals surface area (Å²) in [6.07, 6.45) is -4.03. The second-order valence-electron chi connectivity index (χ2n) is 4.63. The number of hydrogen-bond donors (Lipinski definition) is 0. The van der Waals surface area contributed by atoms with Crippen LogP contribution in [0.5, 0.6) is 0 Å². The summed E-state index contributed by atoms with van der Waals surface area (Å²) in [6, 6.07) is 6.11. The van der Waals surface area contributed by atoms with Gasteiger partial charge >= 0.3 is 6.18 Å². The zero-order valence-electron chi connectivity index (χ0n) is 11.3. The molecular formula is C14H18F3NO. The van der Waals surface area contributed by atoms with Crippen LogP contribution in [0.3, 0.4) is 0 Å². The third-order valence-electron chi connectivity index (χ3n) is 2.81. The fourth-order valence-electron chi connectivity index (χ4n) is 1.89. The monoisotopic (exact) mass is 273 g/mol. The van der Waals surface area contributed by atoms with Gasteiger partial charge in [-0.25, -0.2) is 0 Å². The molecule has 0 amide bonds. The van der Waals surface area contributed by atoms with Crippen LogP contribution in [0.4, 0.5) is 18.9 Å². The molecule has 0 aliphatic rings. The van der Waals surface area contributed by atoms with E-state index in [2.05, 4.69) is 0 Å². The second-order valence-corrected chi connectivity index (χ2v) is 4.63. The fraction of sp³-hybridized carbons (Fsp3) is 0.500. The van der Waals surface area contributed by atoms with Crippen molar-refractivity contribution in [3.05, 3.63) is 29.8 Å². The van der Waals surface area contributed by atoms with E-state index in [1.165, 1.54) is 4.90 Å². The molecule has 5 heteroatoms. The Labute approximate surface area is 111 Å². The van der Waals surface area contributed by atoms with Crippen molar-refractivity contribution in [1.82, 2.24) is 0 Å². The Hall–Kier alpha value is -1.52. The Morgan fingerprint density at radius 2 is 1.84 bits per heavy atom. The summed E-state index contributed by atoms with van der Waals surface area (Å²) in [7, 11) is 0. The lowest BCUT2D eigenvalue weighted by molar-refractivity contribution is -0.120. The minimum atomic E-state index is -4.30. The molecule has 1 rings (SSSR count). The van der Waals surface area contributed by atoms with Gasteiger partial charge < -0.3 is 4.90 Å². The van der Waals surface area contributed by atoms with Crippen molar-refractivity contribution in [2.45, 2.75) is 39.4 Å². The van der Waals surface area contributed by atoms with Crippen molar-refractivity contribution in [3.8, 4) is 0 Å². The molecule has 0 radical (unpaired) electrons. The quantitative estimate of drug-likeness (QED) is 0.754. The Balaban J connectivity index is 3.20. The molecule has 0 heterocycles. The van der Waals surface area contributed by atoms with Gasteiger partial charge in [0.15, 0.2) is 5.78 Å². The first kappa shape index (κ1) is 15.5. The minimum Gasteiger partial charge on any atom is -0.359 e. The average Bonchev–Trinajstić information content (AvgIpc) is 2.33. The van der Waals surface area contributed by atoms with Gasteiger partial charge in [-0.1, -0.05) is 19.1 Å². The lowest BCUT2D eigenvalue weighted by Crippen LogP contribution is -2.40. The first-order chi connectivity index (χ1) is 8.76. The molecule has 0 aliphatic heterocycles. The topological polar surface area (TPSA) is 20.3 Å². The third-order valence-corrected chi connectivity index (χ3v) is 2.81. The third kappa shape index (κ3) is 4.26. The highest BCUT2D eigenvalue weighted by molar-refractivity contribution is 6.01. The van der Waals surface area contributed by atoms with Gasteiger partial charge in [-0.3, -0.25) is 4.79 Å². The number of alkyl halides is 3. The summed E-state index contributed by atoms with van der Waals surface area (Å²) in [6.45, 7) is 4.00. The summed E-state index contributed by atoms with van der Waals surface area (Å²) in [4.78, 5) is 13.0. The predicted octanol–water partition coefficient (Wildman–Crippen LogP) is 4.06. The van der Waals surface area contributed by atoms with Crippen molar-refractivity contribution in [2.75, 3.05) is 11.4 Å². The van der Waals surface area contributed by atoms with E-state index in [1.807, 2.05) is 0 Å². The van der Waals surface area contributed by atoms with Gasteiger partial charge in [0, 0.05) is 23.7 Å². The minimum absolute atomic E-state index is 0.150. The summed E-state index contributed by atoms with van der Waals surface area (Å²) < 4.78 is 37.9. The highest BCUT2D eigenvalue weighted by Crippen LogP contribution is 2.27. The number of para-hydroxylation sites is 1. The van der Waals surface area contributed by atoms with Crippen molar-refractivity contribution in [2.24, 2.45) is 0 Å². The van der Waals surface area contributed by atoms with Crippen molar-refractivity contribution < 1.29 is 18.0 Å². The molecule has 0 atom stereocenters. The van der Waals surface area contributed by atoms with E-state index in [1.54, 1.807) is 45.0 Å². The first-order valence-electron chi connectivity index (χ1n) is 6.22. The number of rotatable bonds is 5. The Bertz CT molecular complexity index is 441. The predicted molar refractivity (Wildman–Crippen MR) is 69.6 cm³/mol. The molecule has 0 N–H and O–H groups in total. The number of hydrogen-bond acceptors (Lipinski definition) is 2. The standard InChI is InChI=1S/C14H18F3NO/c1-4-13(19)11-7-5-6-8-12(11)18(10(2)3)9-14(15,16)17/h5-8,10H,4,9H2,1-3H3. The van der Waals surface area contributed by atoms with Crippen LogP contribution in [-0.2, 0) is 0 Å². The van der Waals surface area contributed by atoms with Gasteiger partial charge in [0.1, 0.15) is 6.54 Å². The summed E-state index contributed by atoms with van der Waals surface area (Å²) in [5, 5.41) is 0. The zero-order valence-corrected chi connectivity index (χ0v) is 11.3. The van der Waals surface area contributed by atoms with Crippen molar-refractivity contribution in [1.29, 1.82) is 0 Å². The van der Waals surface area contributed by atoms with Gasteiger partial charge in [-0.2, -0.15) is 13.2 Å². The molecule has 0 saturated heterocycles. The zero-order chi connectivity index (χ0) is 14.6. The number of ketones is 1. The molecule has 0 saturated carbocycles. The molecule has 0 bridgehead atoms. The maximum Gasteiger partial charge on any atom is 0.405 e. The molecule has 0 aliphatic carbocycles. The molecule has 0 fully saturated rings. The van der Waals surface area contributed by atoms with Crippen LogP contribution in [0.15, 0.2) is 24.3 Å². The van der Waals surface area contributed by atoms with Crippen LogP contribution >= 0.6 is 0 Å². The lowest BCUT2D eigenvalue weighted by Gasteiger charge is -2.31. The van der Waals surface area contributed by atoms with Crippen LogP contribution in [0.1, 0.15) is 37.6 Å². The van der Waals surface area contributed by atoms with E-state index in [0.29, 0.717) is 11.3 Å². The van der Waals surface area contributed by atoms with E-state index in [0.717, 1.165) is 0 Å². The van der Waals surface area contributed by atoms with Crippen LogP contribution in [-0.4, -0.2) is 24.5 Å². The molecule has 0 spiro atoms. The fourth-order valence-corrected chi connectivity index (χ4v) is 1.89. The van der Waals surface area contributed by atoms with Crippen molar-refractivity contribution in [3.63, 3.8) is 0 Å². The molecule has 19 heavy (non-hydrogen) atoms. The Morgan fingerprint density at radius 3 is 2.32 bits per heavy atom. The van der Waals surface area contributed by atoms with Crippen LogP contribution in [0, 0.1) is 0 Å². The number of nitrogens with zero attached hydrogens (tertiary/aromatic N) is 1. The van der Waals surface area contributed by atoms with E-state index in [9.17, 15) is 18.0 Å². The molecule has 0 aromatic heterocycles.